The van der Waals surface area contributed by atoms with Crippen molar-refractivity contribution in [2.24, 2.45) is 0 Å². The average molecular weight is 450 g/mol. The van der Waals surface area contributed by atoms with Gasteiger partial charge in [-0.05, 0) is 42.5 Å². The summed E-state index contributed by atoms with van der Waals surface area (Å²) in [7, 11) is 1.18. The predicted molar refractivity (Wildman–Crippen MR) is 104 cm³/mol. The van der Waals surface area contributed by atoms with E-state index in [9.17, 15) is 27.2 Å². The topological polar surface area (TPSA) is 97.8 Å². The second kappa shape index (κ2) is 8.92. The molecular formula is C21H14F4N2O5. The van der Waals surface area contributed by atoms with E-state index in [0.29, 0.717) is 12.1 Å². The summed E-state index contributed by atoms with van der Waals surface area (Å²) in [5.41, 5.74) is -1.87. The molecule has 1 aromatic heterocycles. The fourth-order valence-corrected chi connectivity index (χ4v) is 2.65. The summed E-state index contributed by atoms with van der Waals surface area (Å²) in [6.07, 6.45) is -3.71. The molecule has 2 N–H and O–H groups in total. The van der Waals surface area contributed by atoms with Gasteiger partial charge >= 0.3 is 12.1 Å². The Hall–Kier alpha value is -4.15. The van der Waals surface area contributed by atoms with Gasteiger partial charge in [-0.2, -0.15) is 13.2 Å². The number of pyridine rings is 1. The summed E-state index contributed by atoms with van der Waals surface area (Å²) < 4.78 is 63.9. The first-order valence-electron chi connectivity index (χ1n) is 8.82. The summed E-state index contributed by atoms with van der Waals surface area (Å²) in [4.78, 5) is 27.2. The molecule has 0 saturated heterocycles. The van der Waals surface area contributed by atoms with Crippen molar-refractivity contribution in [1.29, 1.82) is 0 Å². The number of carboxylic acid groups (broad SMARTS) is 1. The van der Waals surface area contributed by atoms with E-state index in [-0.39, 0.29) is 28.6 Å². The molecule has 0 spiro atoms. The van der Waals surface area contributed by atoms with Crippen LogP contribution in [0.2, 0.25) is 0 Å². The van der Waals surface area contributed by atoms with Gasteiger partial charge in [0.05, 0.1) is 30.1 Å². The van der Waals surface area contributed by atoms with Gasteiger partial charge in [-0.15, -0.1) is 0 Å². The third-order valence-electron chi connectivity index (χ3n) is 4.15. The summed E-state index contributed by atoms with van der Waals surface area (Å²) in [6.45, 7) is 0. The number of anilines is 1. The van der Waals surface area contributed by atoms with Crippen LogP contribution in [-0.4, -0.2) is 29.1 Å². The Kier molecular flexibility index (Phi) is 6.28. The number of hydrogen-bond acceptors (Lipinski definition) is 5. The highest BCUT2D eigenvalue weighted by Gasteiger charge is 2.32. The molecule has 1 heterocycles. The first kappa shape index (κ1) is 22.5. The molecule has 2 aromatic carbocycles. The molecule has 166 valence electrons. The van der Waals surface area contributed by atoms with E-state index in [1.807, 2.05) is 0 Å². The van der Waals surface area contributed by atoms with Gasteiger partial charge in [-0.3, -0.25) is 4.79 Å². The number of carboxylic acids is 1. The summed E-state index contributed by atoms with van der Waals surface area (Å²) in [5, 5.41) is 11.2. The number of nitrogens with zero attached hydrogens (tertiary/aromatic N) is 1. The van der Waals surface area contributed by atoms with E-state index in [0.717, 1.165) is 24.4 Å². The van der Waals surface area contributed by atoms with E-state index in [2.05, 4.69) is 10.3 Å². The molecule has 0 bridgehead atoms. The average Bonchev–Trinajstić information content (AvgIpc) is 2.73. The van der Waals surface area contributed by atoms with Gasteiger partial charge in [0, 0.05) is 0 Å². The number of alkyl halides is 3. The zero-order chi connectivity index (χ0) is 23.5. The minimum Gasteiger partial charge on any atom is -0.490 e. The summed E-state index contributed by atoms with van der Waals surface area (Å²) >= 11 is 0. The molecule has 0 saturated carbocycles. The van der Waals surface area contributed by atoms with Crippen LogP contribution in [0, 0.1) is 5.82 Å². The van der Waals surface area contributed by atoms with Gasteiger partial charge < -0.3 is 19.9 Å². The van der Waals surface area contributed by atoms with Crippen molar-refractivity contribution in [1.82, 2.24) is 4.98 Å². The lowest BCUT2D eigenvalue weighted by molar-refractivity contribution is -0.137. The number of hydrogen-bond donors (Lipinski definition) is 2. The molecule has 7 nitrogen and oxygen atoms in total. The van der Waals surface area contributed by atoms with E-state index in [1.165, 1.54) is 25.3 Å². The SMILES string of the molecule is COc1c(F)cccc1Oc1ccc(C(F)(F)F)cc1C(=O)Nc1ccc(C(=O)O)nc1. The van der Waals surface area contributed by atoms with Gasteiger partial charge in [0.25, 0.3) is 5.91 Å². The zero-order valence-corrected chi connectivity index (χ0v) is 16.2. The normalized spacial score (nSPS) is 11.0. The second-order valence-electron chi connectivity index (χ2n) is 6.27. The predicted octanol–water partition coefficient (Wildman–Crippen LogP) is 4.99. The van der Waals surface area contributed by atoms with Gasteiger partial charge in [-0.1, -0.05) is 6.07 Å². The van der Waals surface area contributed by atoms with Crippen molar-refractivity contribution < 1.29 is 41.7 Å². The Morgan fingerprint density at radius 2 is 1.81 bits per heavy atom. The maximum Gasteiger partial charge on any atom is 0.416 e. The molecular weight excluding hydrogens is 436 g/mol. The van der Waals surface area contributed by atoms with E-state index >= 15 is 0 Å². The van der Waals surface area contributed by atoms with Gasteiger partial charge in [0.2, 0.25) is 0 Å². The number of halogens is 4. The lowest BCUT2D eigenvalue weighted by atomic mass is 10.1. The Balaban J connectivity index is 1.99. The van der Waals surface area contributed by atoms with Gasteiger partial charge in [-0.25, -0.2) is 14.2 Å². The maximum absolute atomic E-state index is 13.9. The monoisotopic (exact) mass is 450 g/mol. The molecule has 0 radical (unpaired) electrons. The number of aromatic nitrogens is 1. The highest BCUT2D eigenvalue weighted by Crippen LogP contribution is 2.38. The molecule has 0 fully saturated rings. The molecule has 0 aliphatic heterocycles. The summed E-state index contributed by atoms with van der Waals surface area (Å²) in [6, 6.07) is 8.25. The first-order valence-corrected chi connectivity index (χ1v) is 8.82. The number of carbonyl (C=O) groups is 2. The third-order valence-corrected chi connectivity index (χ3v) is 4.15. The zero-order valence-electron chi connectivity index (χ0n) is 16.2. The van der Waals surface area contributed by atoms with Crippen molar-refractivity contribution in [3.8, 4) is 17.2 Å². The lowest BCUT2D eigenvalue weighted by Gasteiger charge is -2.16. The molecule has 3 aromatic rings. The quantitative estimate of drug-likeness (QED) is 0.514. The van der Waals surface area contributed by atoms with Crippen molar-refractivity contribution in [3.05, 3.63) is 77.4 Å². The van der Waals surface area contributed by atoms with Gasteiger partial charge in [0.15, 0.2) is 17.3 Å². The maximum atomic E-state index is 13.9. The van der Waals surface area contributed by atoms with Crippen molar-refractivity contribution in [2.75, 3.05) is 12.4 Å². The Morgan fingerprint density at radius 3 is 2.41 bits per heavy atom. The summed E-state index contributed by atoms with van der Waals surface area (Å²) in [5.74, 6) is -3.81. The van der Waals surface area contributed by atoms with Crippen LogP contribution in [0.25, 0.3) is 0 Å². The van der Waals surface area contributed by atoms with Crippen LogP contribution >= 0.6 is 0 Å². The van der Waals surface area contributed by atoms with Crippen LogP contribution in [-0.2, 0) is 6.18 Å². The third kappa shape index (κ3) is 4.94. The van der Waals surface area contributed by atoms with E-state index < -0.39 is 35.0 Å². The van der Waals surface area contributed by atoms with Crippen LogP contribution in [0.15, 0.2) is 54.7 Å². The number of aromatic carboxylic acids is 1. The minimum absolute atomic E-state index is 0.0340. The van der Waals surface area contributed by atoms with Crippen LogP contribution in [0.1, 0.15) is 26.4 Å². The lowest BCUT2D eigenvalue weighted by Crippen LogP contribution is -2.15. The molecule has 0 aliphatic carbocycles. The smallest absolute Gasteiger partial charge is 0.416 e. The molecule has 0 atom stereocenters. The Labute approximate surface area is 178 Å². The molecule has 32 heavy (non-hydrogen) atoms. The standard InChI is InChI=1S/C21H14F4N2O5/c1-31-18-14(22)3-2-4-17(18)32-16-8-5-11(21(23,24)25)9-13(16)19(28)27-12-6-7-15(20(29)30)26-10-12/h2-10H,1H3,(H,27,28)(H,29,30). The second-order valence-corrected chi connectivity index (χ2v) is 6.27. The molecule has 11 heteroatoms. The van der Waals surface area contributed by atoms with E-state index in [1.54, 1.807) is 0 Å². The van der Waals surface area contributed by atoms with Crippen LogP contribution in [0.4, 0.5) is 23.2 Å². The fraction of sp³-hybridized carbons (Fsp3) is 0.0952. The number of methoxy groups -OCH3 is 1. The van der Waals surface area contributed by atoms with Crippen molar-refractivity contribution in [2.45, 2.75) is 6.18 Å². The first-order chi connectivity index (χ1) is 15.1. The number of ether oxygens (including phenoxy) is 2. The minimum atomic E-state index is -4.74. The van der Waals surface area contributed by atoms with Crippen molar-refractivity contribution >= 4 is 17.6 Å². The largest absolute Gasteiger partial charge is 0.490 e. The van der Waals surface area contributed by atoms with Gasteiger partial charge in [0.1, 0.15) is 11.4 Å². The molecule has 3 rings (SSSR count). The number of nitrogens with one attached hydrogen (secondary N) is 1. The number of benzene rings is 2. The Morgan fingerprint density at radius 1 is 1.06 bits per heavy atom. The highest BCUT2D eigenvalue weighted by molar-refractivity contribution is 6.06. The van der Waals surface area contributed by atoms with E-state index in [4.69, 9.17) is 14.6 Å². The Bertz CT molecular complexity index is 1160. The van der Waals surface area contributed by atoms with Crippen LogP contribution in [0.3, 0.4) is 0 Å². The number of para-hydroxylation sites is 1. The van der Waals surface area contributed by atoms with Crippen LogP contribution < -0.4 is 14.8 Å². The van der Waals surface area contributed by atoms with Crippen LogP contribution in [0.5, 0.6) is 17.2 Å². The number of carbonyl (C=O) groups excluding carboxylic acids is 1. The molecule has 0 unspecified atom stereocenters. The van der Waals surface area contributed by atoms with Crippen molar-refractivity contribution in [3.63, 3.8) is 0 Å². The fourth-order valence-electron chi connectivity index (χ4n) is 2.65. The molecule has 1 amide bonds. The number of amides is 1. The highest BCUT2D eigenvalue weighted by atomic mass is 19.4. The molecule has 0 aliphatic rings. The number of rotatable bonds is 6.